The molecule has 1 fully saturated rings. The van der Waals surface area contributed by atoms with Gasteiger partial charge in [0.2, 0.25) is 0 Å². The van der Waals surface area contributed by atoms with Crippen LogP contribution in [0.2, 0.25) is 0 Å². The van der Waals surface area contributed by atoms with Crippen LogP contribution in [0, 0.1) is 0 Å². The van der Waals surface area contributed by atoms with Gasteiger partial charge < -0.3 is 15.3 Å². The molecule has 3 rings (SSSR count). The Morgan fingerprint density at radius 3 is 2.68 bits per heavy atom. The summed E-state index contributed by atoms with van der Waals surface area (Å²) in [5.41, 5.74) is 1.46. The number of rotatable bonds is 5. The van der Waals surface area contributed by atoms with Gasteiger partial charge in [-0.05, 0) is 0 Å². The first-order valence-electron chi connectivity index (χ1n) is 7.45. The van der Waals surface area contributed by atoms with Crippen molar-refractivity contribution in [2.75, 3.05) is 32.7 Å². The number of hydrogen-bond acceptors (Lipinski definition) is 5. The number of benzene rings is 1. The van der Waals surface area contributed by atoms with Crippen molar-refractivity contribution in [1.82, 2.24) is 15.2 Å². The molecule has 116 valence electrons. The second kappa shape index (κ2) is 7.00. The molecule has 0 bridgehead atoms. The maximum absolute atomic E-state index is 11.5. The Labute approximate surface area is 133 Å². The average molecular weight is 317 g/mol. The Hall–Kier alpha value is -1.76. The minimum absolute atomic E-state index is 0.335. The van der Waals surface area contributed by atoms with E-state index in [1.165, 1.54) is 11.3 Å². The summed E-state index contributed by atoms with van der Waals surface area (Å²) in [5, 5.41) is 13.6. The highest BCUT2D eigenvalue weighted by Gasteiger charge is 2.19. The van der Waals surface area contributed by atoms with Gasteiger partial charge in [-0.2, -0.15) is 0 Å². The number of carboxylic acid groups (broad SMARTS) is 1. The van der Waals surface area contributed by atoms with Crippen LogP contribution in [0.4, 0.5) is 0 Å². The number of hydrogen-bond donors (Lipinski definition) is 2. The Balaban J connectivity index is 1.76. The summed E-state index contributed by atoms with van der Waals surface area (Å²) in [5.74, 6) is -0.898. The SMILES string of the molecule is O=C(O)c1sc(CCN2CCNCC2)nc1-c1ccccc1. The largest absolute Gasteiger partial charge is 0.477 e. The molecule has 1 aromatic heterocycles. The molecule has 0 atom stereocenters. The number of nitrogens with one attached hydrogen (secondary N) is 1. The van der Waals surface area contributed by atoms with E-state index in [0.29, 0.717) is 10.6 Å². The van der Waals surface area contributed by atoms with Crippen molar-refractivity contribution in [3.05, 3.63) is 40.2 Å². The Kier molecular flexibility index (Phi) is 4.82. The van der Waals surface area contributed by atoms with Gasteiger partial charge in [0, 0.05) is 44.7 Å². The molecule has 1 saturated heterocycles. The molecule has 0 spiro atoms. The summed E-state index contributed by atoms with van der Waals surface area (Å²) in [6.07, 6.45) is 0.803. The quantitative estimate of drug-likeness (QED) is 0.882. The number of aromatic carboxylic acids is 1. The molecule has 0 radical (unpaired) electrons. The molecule has 1 aromatic carbocycles. The normalized spacial score (nSPS) is 15.8. The average Bonchev–Trinajstić information content (AvgIpc) is 2.99. The van der Waals surface area contributed by atoms with Gasteiger partial charge in [0.15, 0.2) is 0 Å². The summed E-state index contributed by atoms with van der Waals surface area (Å²) >= 11 is 1.30. The summed E-state index contributed by atoms with van der Waals surface area (Å²) in [6.45, 7) is 5.06. The summed E-state index contributed by atoms with van der Waals surface area (Å²) in [7, 11) is 0. The lowest BCUT2D eigenvalue weighted by molar-refractivity contribution is 0.0702. The maximum atomic E-state index is 11.5. The van der Waals surface area contributed by atoms with E-state index in [4.69, 9.17) is 0 Å². The predicted molar refractivity (Wildman–Crippen MR) is 87.5 cm³/mol. The first-order chi connectivity index (χ1) is 10.7. The predicted octanol–water partition coefficient (Wildman–Crippen LogP) is 1.96. The van der Waals surface area contributed by atoms with Crippen molar-refractivity contribution in [3.8, 4) is 11.3 Å². The van der Waals surface area contributed by atoms with Crippen LogP contribution >= 0.6 is 11.3 Å². The lowest BCUT2D eigenvalue weighted by atomic mass is 10.1. The van der Waals surface area contributed by atoms with Gasteiger partial charge in [0.05, 0.1) is 10.7 Å². The minimum Gasteiger partial charge on any atom is -0.477 e. The molecule has 2 aromatic rings. The van der Waals surface area contributed by atoms with Gasteiger partial charge in [0.25, 0.3) is 0 Å². The molecular weight excluding hydrogens is 298 g/mol. The molecule has 1 aliphatic rings. The molecule has 0 aliphatic carbocycles. The van der Waals surface area contributed by atoms with Gasteiger partial charge in [-0.15, -0.1) is 11.3 Å². The van der Waals surface area contributed by atoms with Crippen LogP contribution in [0.5, 0.6) is 0 Å². The molecule has 1 aliphatic heterocycles. The van der Waals surface area contributed by atoms with Crippen molar-refractivity contribution in [1.29, 1.82) is 0 Å². The highest BCUT2D eigenvalue weighted by molar-refractivity contribution is 7.14. The highest BCUT2D eigenvalue weighted by atomic mass is 32.1. The Bertz CT molecular complexity index is 636. The highest BCUT2D eigenvalue weighted by Crippen LogP contribution is 2.28. The number of piperazine rings is 1. The molecular formula is C16H19N3O2S. The maximum Gasteiger partial charge on any atom is 0.348 e. The number of nitrogens with zero attached hydrogens (tertiary/aromatic N) is 2. The number of thiazole rings is 1. The van der Waals surface area contributed by atoms with E-state index in [0.717, 1.165) is 49.7 Å². The zero-order valence-electron chi connectivity index (χ0n) is 12.3. The van der Waals surface area contributed by atoms with Gasteiger partial charge in [-0.3, -0.25) is 0 Å². The zero-order valence-corrected chi connectivity index (χ0v) is 13.1. The van der Waals surface area contributed by atoms with E-state index in [-0.39, 0.29) is 0 Å². The van der Waals surface area contributed by atoms with Crippen LogP contribution < -0.4 is 5.32 Å². The molecule has 2 N–H and O–H groups in total. The third kappa shape index (κ3) is 3.52. The van der Waals surface area contributed by atoms with Crippen LogP contribution in [0.1, 0.15) is 14.7 Å². The van der Waals surface area contributed by atoms with E-state index in [2.05, 4.69) is 15.2 Å². The van der Waals surface area contributed by atoms with E-state index in [1.807, 2.05) is 30.3 Å². The van der Waals surface area contributed by atoms with Crippen LogP contribution in [0.15, 0.2) is 30.3 Å². The summed E-state index contributed by atoms with van der Waals surface area (Å²) < 4.78 is 0. The molecule has 0 amide bonds. The second-order valence-corrected chi connectivity index (χ2v) is 6.38. The fourth-order valence-electron chi connectivity index (χ4n) is 2.60. The smallest absolute Gasteiger partial charge is 0.348 e. The third-order valence-corrected chi connectivity index (χ3v) is 4.87. The molecule has 5 nitrogen and oxygen atoms in total. The Morgan fingerprint density at radius 1 is 1.27 bits per heavy atom. The molecule has 2 heterocycles. The molecule has 0 unspecified atom stereocenters. The van der Waals surface area contributed by atoms with Crippen LogP contribution in [-0.4, -0.2) is 53.7 Å². The fourth-order valence-corrected chi connectivity index (χ4v) is 3.51. The topological polar surface area (TPSA) is 65.5 Å². The lowest BCUT2D eigenvalue weighted by Gasteiger charge is -2.26. The van der Waals surface area contributed by atoms with Crippen LogP contribution in [-0.2, 0) is 6.42 Å². The lowest BCUT2D eigenvalue weighted by Crippen LogP contribution is -2.44. The number of carboxylic acids is 1. The van der Waals surface area contributed by atoms with E-state index >= 15 is 0 Å². The number of carbonyl (C=O) groups is 1. The van der Waals surface area contributed by atoms with E-state index in [9.17, 15) is 9.90 Å². The first-order valence-corrected chi connectivity index (χ1v) is 8.27. The van der Waals surface area contributed by atoms with Crippen molar-refractivity contribution in [3.63, 3.8) is 0 Å². The van der Waals surface area contributed by atoms with E-state index < -0.39 is 5.97 Å². The molecule has 22 heavy (non-hydrogen) atoms. The second-order valence-electron chi connectivity index (χ2n) is 5.30. The minimum atomic E-state index is -0.898. The van der Waals surface area contributed by atoms with Crippen molar-refractivity contribution < 1.29 is 9.90 Å². The standard InChI is InChI=1S/C16H19N3O2S/c20-16(21)15-14(12-4-2-1-3-5-12)18-13(22-15)6-9-19-10-7-17-8-11-19/h1-5,17H,6-11H2,(H,20,21). The van der Waals surface area contributed by atoms with Crippen LogP contribution in [0.3, 0.4) is 0 Å². The van der Waals surface area contributed by atoms with Crippen molar-refractivity contribution in [2.24, 2.45) is 0 Å². The van der Waals surface area contributed by atoms with E-state index in [1.54, 1.807) is 0 Å². The van der Waals surface area contributed by atoms with Gasteiger partial charge in [-0.25, -0.2) is 9.78 Å². The summed E-state index contributed by atoms with van der Waals surface area (Å²) in [6, 6.07) is 9.53. The zero-order chi connectivity index (χ0) is 15.4. The van der Waals surface area contributed by atoms with Crippen molar-refractivity contribution >= 4 is 17.3 Å². The van der Waals surface area contributed by atoms with Gasteiger partial charge in [0.1, 0.15) is 4.88 Å². The van der Waals surface area contributed by atoms with Gasteiger partial charge >= 0.3 is 5.97 Å². The molecule has 0 saturated carbocycles. The third-order valence-electron chi connectivity index (χ3n) is 3.76. The Morgan fingerprint density at radius 2 is 2.00 bits per heavy atom. The van der Waals surface area contributed by atoms with Crippen molar-refractivity contribution in [2.45, 2.75) is 6.42 Å². The number of aromatic nitrogens is 1. The van der Waals surface area contributed by atoms with Crippen LogP contribution in [0.25, 0.3) is 11.3 Å². The monoisotopic (exact) mass is 317 g/mol. The van der Waals surface area contributed by atoms with Gasteiger partial charge in [-0.1, -0.05) is 30.3 Å². The first kappa shape index (κ1) is 15.1. The fraction of sp³-hybridized carbons (Fsp3) is 0.375. The summed E-state index contributed by atoms with van der Waals surface area (Å²) in [4.78, 5) is 18.8. The molecule has 6 heteroatoms.